The number of carbonyl (C=O) groups is 1. The Morgan fingerprint density at radius 2 is 1.90 bits per heavy atom. The fraction of sp³-hybridized carbons (Fsp3) is 0.235. The molecule has 2 aromatic rings. The SMILES string of the molecule is CCC(NC(=O)Nc1ccc(C)c(Cl)c1)c1ccccc1. The largest absolute Gasteiger partial charge is 0.331 e. The Kier molecular flexibility index (Phi) is 5.23. The maximum atomic E-state index is 12.1. The molecule has 0 spiro atoms. The predicted octanol–water partition coefficient (Wildman–Crippen LogP) is 4.92. The Morgan fingerprint density at radius 1 is 1.19 bits per heavy atom. The summed E-state index contributed by atoms with van der Waals surface area (Å²) in [5, 5.41) is 6.42. The van der Waals surface area contributed by atoms with E-state index in [0.29, 0.717) is 10.7 Å². The fourth-order valence-electron chi connectivity index (χ4n) is 2.10. The molecule has 2 rings (SSSR count). The van der Waals surface area contributed by atoms with E-state index in [4.69, 9.17) is 11.6 Å². The van der Waals surface area contributed by atoms with Gasteiger partial charge in [-0.15, -0.1) is 0 Å². The lowest BCUT2D eigenvalue weighted by molar-refractivity contribution is 0.248. The van der Waals surface area contributed by atoms with E-state index in [2.05, 4.69) is 10.6 Å². The molecule has 0 aliphatic carbocycles. The summed E-state index contributed by atoms with van der Waals surface area (Å²) in [6, 6.07) is 15.2. The first kappa shape index (κ1) is 15.4. The first-order chi connectivity index (χ1) is 10.1. The van der Waals surface area contributed by atoms with Crippen LogP contribution in [0.1, 0.15) is 30.5 Å². The van der Waals surface area contributed by atoms with Gasteiger partial charge in [-0.2, -0.15) is 0 Å². The van der Waals surface area contributed by atoms with E-state index >= 15 is 0 Å². The monoisotopic (exact) mass is 302 g/mol. The second-order valence-electron chi connectivity index (χ2n) is 4.93. The number of urea groups is 1. The van der Waals surface area contributed by atoms with Crippen LogP contribution in [0.25, 0.3) is 0 Å². The van der Waals surface area contributed by atoms with E-state index in [0.717, 1.165) is 17.5 Å². The van der Waals surface area contributed by atoms with E-state index in [-0.39, 0.29) is 12.1 Å². The molecular formula is C17H19ClN2O. The topological polar surface area (TPSA) is 41.1 Å². The van der Waals surface area contributed by atoms with Gasteiger partial charge in [0.15, 0.2) is 0 Å². The van der Waals surface area contributed by atoms with Crippen molar-refractivity contribution in [2.75, 3.05) is 5.32 Å². The molecule has 1 atom stereocenters. The summed E-state index contributed by atoms with van der Waals surface area (Å²) in [5.41, 5.74) is 2.77. The third-order valence-corrected chi connectivity index (χ3v) is 3.75. The minimum Gasteiger partial charge on any atom is -0.331 e. The van der Waals surface area contributed by atoms with Crippen LogP contribution in [-0.4, -0.2) is 6.03 Å². The minimum atomic E-state index is -0.231. The minimum absolute atomic E-state index is 0.00730. The lowest BCUT2D eigenvalue weighted by Gasteiger charge is -2.18. The first-order valence-electron chi connectivity index (χ1n) is 6.98. The van der Waals surface area contributed by atoms with Gasteiger partial charge in [-0.25, -0.2) is 4.79 Å². The average molecular weight is 303 g/mol. The van der Waals surface area contributed by atoms with E-state index in [1.165, 1.54) is 0 Å². The maximum Gasteiger partial charge on any atom is 0.319 e. The summed E-state index contributed by atoms with van der Waals surface area (Å²) in [7, 11) is 0. The zero-order valence-corrected chi connectivity index (χ0v) is 12.9. The Hall–Kier alpha value is -2.00. The highest BCUT2D eigenvalue weighted by atomic mass is 35.5. The highest BCUT2D eigenvalue weighted by Crippen LogP contribution is 2.20. The molecule has 110 valence electrons. The first-order valence-corrected chi connectivity index (χ1v) is 7.36. The molecule has 2 aromatic carbocycles. The molecule has 0 fully saturated rings. The van der Waals surface area contributed by atoms with Crippen molar-refractivity contribution in [3.63, 3.8) is 0 Å². The quantitative estimate of drug-likeness (QED) is 0.827. The second kappa shape index (κ2) is 7.14. The zero-order chi connectivity index (χ0) is 15.2. The number of halogens is 1. The number of benzene rings is 2. The third kappa shape index (κ3) is 4.23. The van der Waals surface area contributed by atoms with Gasteiger partial charge in [0.05, 0.1) is 6.04 Å². The lowest BCUT2D eigenvalue weighted by Crippen LogP contribution is -2.32. The number of carbonyl (C=O) groups excluding carboxylic acids is 1. The molecule has 4 heteroatoms. The van der Waals surface area contributed by atoms with Gasteiger partial charge in [-0.05, 0) is 36.6 Å². The predicted molar refractivity (Wildman–Crippen MR) is 87.8 cm³/mol. The van der Waals surface area contributed by atoms with E-state index in [1.807, 2.05) is 56.3 Å². The van der Waals surface area contributed by atoms with Gasteiger partial charge in [-0.1, -0.05) is 54.9 Å². The van der Waals surface area contributed by atoms with Crippen LogP contribution in [-0.2, 0) is 0 Å². The molecule has 0 aromatic heterocycles. The van der Waals surface area contributed by atoms with Crippen LogP contribution in [0.4, 0.5) is 10.5 Å². The molecule has 2 N–H and O–H groups in total. The Bertz CT molecular complexity index is 613. The molecule has 0 aliphatic heterocycles. The highest BCUT2D eigenvalue weighted by molar-refractivity contribution is 6.31. The molecule has 0 aliphatic rings. The van der Waals surface area contributed by atoms with Crippen molar-refractivity contribution in [2.24, 2.45) is 0 Å². The van der Waals surface area contributed by atoms with Crippen LogP contribution in [0, 0.1) is 6.92 Å². The molecule has 0 radical (unpaired) electrons. The summed E-state index contributed by atoms with van der Waals surface area (Å²) in [6.45, 7) is 3.97. The number of nitrogens with one attached hydrogen (secondary N) is 2. The van der Waals surface area contributed by atoms with Gasteiger partial charge >= 0.3 is 6.03 Å². The number of amides is 2. The summed E-state index contributed by atoms with van der Waals surface area (Å²) in [5.74, 6) is 0. The Balaban J connectivity index is 2.01. The molecule has 0 saturated carbocycles. The van der Waals surface area contributed by atoms with Crippen molar-refractivity contribution in [3.8, 4) is 0 Å². The zero-order valence-electron chi connectivity index (χ0n) is 12.2. The molecule has 21 heavy (non-hydrogen) atoms. The van der Waals surface area contributed by atoms with Crippen LogP contribution in [0.15, 0.2) is 48.5 Å². The van der Waals surface area contributed by atoms with Gasteiger partial charge in [-0.3, -0.25) is 0 Å². The van der Waals surface area contributed by atoms with Crippen LogP contribution in [0.3, 0.4) is 0 Å². The van der Waals surface area contributed by atoms with Gasteiger partial charge in [0.25, 0.3) is 0 Å². The van der Waals surface area contributed by atoms with Gasteiger partial charge < -0.3 is 10.6 Å². The fourth-order valence-corrected chi connectivity index (χ4v) is 2.28. The molecule has 0 saturated heterocycles. The number of anilines is 1. The van der Waals surface area contributed by atoms with Crippen LogP contribution in [0.5, 0.6) is 0 Å². The Morgan fingerprint density at radius 3 is 2.52 bits per heavy atom. The van der Waals surface area contributed by atoms with Crippen LogP contribution < -0.4 is 10.6 Å². The van der Waals surface area contributed by atoms with E-state index in [1.54, 1.807) is 6.07 Å². The summed E-state index contributed by atoms with van der Waals surface area (Å²) < 4.78 is 0. The molecule has 2 amide bonds. The lowest BCUT2D eigenvalue weighted by atomic mass is 10.1. The third-order valence-electron chi connectivity index (χ3n) is 3.35. The standard InChI is InChI=1S/C17H19ClN2O/c1-3-16(13-7-5-4-6-8-13)20-17(21)19-14-10-9-12(2)15(18)11-14/h4-11,16H,3H2,1-2H3,(H2,19,20,21). The van der Waals surface area contributed by atoms with Crippen LogP contribution in [0.2, 0.25) is 5.02 Å². The molecule has 1 unspecified atom stereocenters. The number of hydrogen-bond acceptors (Lipinski definition) is 1. The summed E-state index contributed by atoms with van der Waals surface area (Å²) in [4.78, 5) is 12.1. The molecule has 0 bridgehead atoms. The smallest absolute Gasteiger partial charge is 0.319 e. The summed E-state index contributed by atoms with van der Waals surface area (Å²) >= 11 is 6.05. The molecule has 0 heterocycles. The van der Waals surface area contributed by atoms with Crippen molar-refractivity contribution >= 4 is 23.3 Å². The van der Waals surface area contributed by atoms with E-state index < -0.39 is 0 Å². The number of aryl methyl sites for hydroxylation is 1. The van der Waals surface area contributed by atoms with Gasteiger partial charge in [0.1, 0.15) is 0 Å². The second-order valence-corrected chi connectivity index (χ2v) is 5.34. The van der Waals surface area contributed by atoms with Crippen LogP contribution >= 0.6 is 11.6 Å². The van der Waals surface area contributed by atoms with Crippen molar-refractivity contribution in [1.29, 1.82) is 0 Å². The normalized spacial score (nSPS) is 11.8. The van der Waals surface area contributed by atoms with Gasteiger partial charge in [0, 0.05) is 10.7 Å². The number of hydrogen-bond donors (Lipinski definition) is 2. The van der Waals surface area contributed by atoms with Crippen molar-refractivity contribution < 1.29 is 4.79 Å². The molecular weight excluding hydrogens is 284 g/mol. The van der Waals surface area contributed by atoms with Crippen molar-refractivity contribution in [3.05, 3.63) is 64.7 Å². The maximum absolute atomic E-state index is 12.1. The van der Waals surface area contributed by atoms with Crippen molar-refractivity contribution in [1.82, 2.24) is 5.32 Å². The van der Waals surface area contributed by atoms with Crippen molar-refractivity contribution in [2.45, 2.75) is 26.3 Å². The van der Waals surface area contributed by atoms with Gasteiger partial charge in [0.2, 0.25) is 0 Å². The highest BCUT2D eigenvalue weighted by Gasteiger charge is 2.12. The number of rotatable bonds is 4. The Labute approximate surface area is 130 Å². The molecule has 3 nitrogen and oxygen atoms in total. The average Bonchev–Trinajstić information content (AvgIpc) is 2.49. The summed E-state index contributed by atoms with van der Waals surface area (Å²) in [6.07, 6.45) is 0.825. The van der Waals surface area contributed by atoms with E-state index in [9.17, 15) is 4.79 Å².